The van der Waals surface area contributed by atoms with Gasteiger partial charge in [-0.05, 0) is 17.7 Å². The van der Waals surface area contributed by atoms with Gasteiger partial charge < -0.3 is 14.5 Å². The monoisotopic (exact) mass is 338 g/mol. The van der Waals surface area contributed by atoms with Crippen molar-refractivity contribution >= 4 is 27.8 Å². The Balaban J connectivity index is 2.10. The van der Waals surface area contributed by atoms with E-state index in [9.17, 15) is 9.59 Å². The molecule has 0 atom stereocenters. The normalized spacial score (nSPS) is 10.3. The Bertz CT molecular complexity index is 653. The van der Waals surface area contributed by atoms with Crippen LogP contribution in [0.1, 0.15) is 26.6 Å². The summed E-state index contributed by atoms with van der Waals surface area (Å²) in [5.41, 5.74) is 0.914. The molecule has 0 saturated heterocycles. The maximum atomic E-state index is 12.1. The minimum absolute atomic E-state index is 0.0279. The second-order valence-electron chi connectivity index (χ2n) is 4.17. The van der Waals surface area contributed by atoms with E-state index in [4.69, 9.17) is 5.11 Å². The first-order chi connectivity index (χ1) is 9.47. The predicted octanol–water partition coefficient (Wildman–Crippen LogP) is 2.41. The number of carboxylic acids is 1. The fourth-order valence-corrected chi connectivity index (χ4v) is 2.10. The lowest BCUT2D eigenvalue weighted by molar-refractivity contribution is 0.0649. The molecule has 104 valence electrons. The van der Waals surface area contributed by atoms with Crippen molar-refractivity contribution < 1.29 is 19.2 Å². The minimum atomic E-state index is -1.26. The molecule has 2 aromatic rings. The molecule has 0 bridgehead atoms. The fraction of sp³-hybridized carbons (Fsp3) is 0.154. The first kappa shape index (κ1) is 14.3. The third-order valence-electron chi connectivity index (χ3n) is 2.60. The van der Waals surface area contributed by atoms with Crippen molar-refractivity contribution in [1.29, 1.82) is 0 Å². The Labute approximate surface area is 123 Å². The van der Waals surface area contributed by atoms with Crippen LogP contribution in [0.2, 0.25) is 0 Å². The van der Waals surface area contributed by atoms with Crippen molar-refractivity contribution in [2.75, 3.05) is 7.05 Å². The van der Waals surface area contributed by atoms with Gasteiger partial charge in [-0.1, -0.05) is 33.2 Å². The van der Waals surface area contributed by atoms with Crippen LogP contribution in [0, 0.1) is 0 Å². The Hall–Kier alpha value is -2.15. The van der Waals surface area contributed by atoms with Gasteiger partial charge in [0.25, 0.3) is 5.91 Å². The number of nitrogens with zero attached hydrogens (tertiary/aromatic N) is 2. The van der Waals surface area contributed by atoms with Crippen molar-refractivity contribution in [1.82, 2.24) is 10.1 Å². The van der Waals surface area contributed by atoms with Gasteiger partial charge in [0.2, 0.25) is 5.76 Å². The number of aromatic nitrogens is 1. The first-order valence-corrected chi connectivity index (χ1v) is 6.46. The average molecular weight is 339 g/mol. The van der Waals surface area contributed by atoms with E-state index in [2.05, 4.69) is 25.6 Å². The molecular formula is C13H11BrN2O4. The second-order valence-corrected chi connectivity index (χ2v) is 5.09. The molecule has 0 aliphatic rings. The van der Waals surface area contributed by atoms with E-state index in [0.29, 0.717) is 6.54 Å². The van der Waals surface area contributed by atoms with E-state index < -0.39 is 11.9 Å². The number of aromatic carboxylic acids is 1. The van der Waals surface area contributed by atoms with Crippen molar-refractivity contribution in [2.45, 2.75) is 6.54 Å². The summed E-state index contributed by atoms with van der Waals surface area (Å²) in [7, 11) is 1.61. The van der Waals surface area contributed by atoms with E-state index >= 15 is 0 Å². The number of carbonyl (C=O) groups excluding carboxylic acids is 1. The summed E-state index contributed by atoms with van der Waals surface area (Å²) in [6, 6.07) is 8.66. The lowest BCUT2D eigenvalue weighted by Crippen LogP contribution is -2.26. The molecule has 2 rings (SSSR count). The summed E-state index contributed by atoms with van der Waals surface area (Å²) in [6.07, 6.45) is 0. The summed E-state index contributed by atoms with van der Waals surface area (Å²) in [5, 5.41) is 12.2. The van der Waals surface area contributed by atoms with Gasteiger partial charge in [0.05, 0.1) is 0 Å². The minimum Gasteiger partial charge on any atom is -0.475 e. The molecule has 0 saturated carbocycles. The quantitative estimate of drug-likeness (QED) is 0.925. The number of halogens is 1. The smallest absolute Gasteiger partial charge is 0.374 e. The first-order valence-electron chi connectivity index (χ1n) is 5.67. The molecule has 0 radical (unpaired) electrons. The largest absolute Gasteiger partial charge is 0.475 e. The number of rotatable bonds is 4. The second kappa shape index (κ2) is 5.87. The van der Waals surface area contributed by atoms with Gasteiger partial charge in [-0.2, -0.15) is 0 Å². The molecule has 0 fully saturated rings. The van der Waals surface area contributed by atoms with Crippen LogP contribution >= 0.6 is 15.9 Å². The zero-order valence-corrected chi connectivity index (χ0v) is 12.1. The van der Waals surface area contributed by atoms with Crippen LogP contribution in [0.15, 0.2) is 39.3 Å². The number of carbonyl (C=O) groups is 2. The molecule has 1 aromatic heterocycles. The summed E-state index contributed by atoms with van der Waals surface area (Å²) >= 11 is 3.36. The van der Waals surface area contributed by atoms with Crippen molar-refractivity contribution in [2.24, 2.45) is 0 Å². The third kappa shape index (κ3) is 3.24. The maximum absolute atomic E-state index is 12.1. The van der Waals surface area contributed by atoms with Crippen LogP contribution in [0.25, 0.3) is 0 Å². The van der Waals surface area contributed by atoms with Gasteiger partial charge in [-0.15, -0.1) is 0 Å². The molecule has 1 heterocycles. The Morgan fingerprint density at radius 3 is 2.75 bits per heavy atom. The molecule has 7 heteroatoms. The van der Waals surface area contributed by atoms with E-state index in [1.54, 1.807) is 7.05 Å². The van der Waals surface area contributed by atoms with E-state index in [-0.39, 0.29) is 11.5 Å². The average Bonchev–Trinajstić information content (AvgIpc) is 2.87. The maximum Gasteiger partial charge on any atom is 0.374 e. The Kier molecular flexibility index (Phi) is 4.19. The van der Waals surface area contributed by atoms with Gasteiger partial charge in [0.15, 0.2) is 5.69 Å². The molecule has 20 heavy (non-hydrogen) atoms. The van der Waals surface area contributed by atoms with E-state index in [1.807, 2.05) is 24.3 Å². The van der Waals surface area contributed by atoms with Gasteiger partial charge in [-0.3, -0.25) is 4.79 Å². The van der Waals surface area contributed by atoms with Gasteiger partial charge in [0.1, 0.15) is 0 Å². The van der Waals surface area contributed by atoms with Crippen molar-refractivity contribution in [3.05, 3.63) is 51.8 Å². The molecule has 0 unspecified atom stereocenters. The molecule has 1 aromatic carbocycles. The topological polar surface area (TPSA) is 83.6 Å². The summed E-state index contributed by atoms with van der Waals surface area (Å²) < 4.78 is 5.48. The summed E-state index contributed by atoms with van der Waals surface area (Å²) in [6.45, 7) is 0.382. The van der Waals surface area contributed by atoms with Crippen LogP contribution in [-0.2, 0) is 6.54 Å². The Morgan fingerprint density at radius 2 is 2.15 bits per heavy atom. The van der Waals surface area contributed by atoms with Gasteiger partial charge >= 0.3 is 5.97 Å². The van der Waals surface area contributed by atoms with E-state index in [0.717, 1.165) is 16.1 Å². The lowest BCUT2D eigenvalue weighted by atomic mass is 10.2. The summed E-state index contributed by atoms with van der Waals surface area (Å²) in [5.74, 6) is -2.02. The number of amides is 1. The number of benzene rings is 1. The van der Waals surface area contributed by atoms with Crippen LogP contribution < -0.4 is 0 Å². The number of hydrogen-bond donors (Lipinski definition) is 1. The predicted molar refractivity (Wildman–Crippen MR) is 73.4 cm³/mol. The molecule has 0 aliphatic heterocycles. The highest BCUT2D eigenvalue weighted by Crippen LogP contribution is 2.14. The standard InChI is InChI=1S/C13H11BrN2O4/c1-16(7-8-3-2-4-9(14)5-8)12(17)10-6-11(13(18)19)20-15-10/h2-6H,7H2,1H3,(H,18,19). The highest BCUT2D eigenvalue weighted by molar-refractivity contribution is 9.10. The third-order valence-corrected chi connectivity index (χ3v) is 3.09. The molecule has 0 spiro atoms. The van der Waals surface area contributed by atoms with Gasteiger partial charge in [-0.25, -0.2) is 4.79 Å². The van der Waals surface area contributed by atoms with Gasteiger partial charge in [0, 0.05) is 24.1 Å². The van der Waals surface area contributed by atoms with Crippen LogP contribution in [0.5, 0.6) is 0 Å². The highest BCUT2D eigenvalue weighted by Gasteiger charge is 2.19. The van der Waals surface area contributed by atoms with Crippen molar-refractivity contribution in [3.8, 4) is 0 Å². The van der Waals surface area contributed by atoms with E-state index in [1.165, 1.54) is 4.90 Å². The molecule has 0 aliphatic carbocycles. The number of hydrogen-bond acceptors (Lipinski definition) is 4. The number of carboxylic acid groups (broad SMARTS) is 1. The van der Waals surface area contributed by atoms with Crippen molar-refractivity contribution in [3.63, 3.8) is 0 Å². The lowest BCUT2D eigenvalue weighted by Gasteiger charge is -2.15. The SMILES string of the molecule is CN(Cc1cccc(Br)c1)C(=O)c1cc(C(=O)O)on1. The zero-order valence-electron chi connectivity index (χ0n) is 10.5. The zero-order chi connectivity index (χ0) is 14.7. The van der Waals surface area contributed by atoms with Crippen LogP contribution in [0.3, 0.4) is 0 Å². The molecular weight excluding hydrogens is 328 g/mol. The molecule has 6 nitrogen and oxygen atoms in total. The van der Waals surface area contributed by atoms with Crippen LogP contribution in [0.4, 0.5) is 0 Å². The highest BCUT2D eigenvalue weighted by atomic mass is 79.9. The molecule has 1 amide bonds. The van der Waals surface area contributed by atoms with Crippen LogP contribution in [-0.4, -0.2) is 34.1 Å². The Morgan fingerprint density at radius 1 is 1.40 bits per heavy atom. The fourth-order valence-electron chi connectivity index (χ4n) is 1.65. The molecule has 1 N–H and O–H groups in total. The summed E-state index contributed by atoms with van der Waals surface area (Å²) in [4.78, 5) is 24.2.